The Morgan fingerprint density at radius 3 is 2.50 bits per heavy atom. The Kier molecular flexibility index (Phi) is 3.37. The minimum Gasteiger partial charge on any atom is -0.383 e. The Balaban J connectivity index is 2.48. The van der Waals surface area contributed by atoms with Gasteiger partial charge in [0.1, 0.15) is 5.82 Å². The van der Waals surface area contributed by atoms with E-state index in [9.17, 15) is 19.7 Å². The first-order valence-corrected chi connectivity index (χ1v) is 5.26. The zero-order chi connectivity index (χ0) is 14.7. The number of aromatic nitrogens is 2. The van der Waals surface area contributed by atoms with Crippen LogP contribution in [0.3, 0.4) is 0 Å². The molecule has 0 saturated carbocycles. The summed E-state index contributed by atoms with van der Waals surface area (Å²) in [5.41, 5.74) is 3.16. The maximum absolute atomic E-state index is 11.5. The second-order valence-electron chi connectivity index (χ2n) is 3.62. The Hall–Kier alpha value is -3.30. The van der Waals surface area contributed by atoms with E-state index in [0.717, 1.165) is 0 Å². The maximum atomic E-state index is 11.5. The highest BCUT2D eigenvalue weighted by Gasteiger charge is 2.12. The van der Waals surface area contributed by atoms with Crippen molar-refractivity contribution in [1.29, 1.82) is 0 Å². The van der Waals surface area contributed by atoms with E-state index < -0.39 is 16.2 Å². The highest BCUT2D eigenvalue weighted by Crippen LogP contribution is 2.28. The summed E-state index contributed by atoms with van der Waals surface area (Å²) in [5, 5.41) is 17.9. The number of para-hydroxylation sites is 1. The largest absolute Gasteiger partial charge is 0.383 e. The van der Waals surface area contributed by atoms with E-state index in [-0.39, 0.29) is 22.9 Å². The van der Waals surface area contributed by atoms with E-state index in [4.69, 9.17) is 5.73 Å². The molecule has 0 bridgehead atoms. The predicted molar refractivity (Wildman–Crippen MR) is 69.4 cm³/mol. The molecule has 1 aromatic carbocycles. The molecule has 10 nitrogen and oxygen atoms in total. The number of nitrogens with one attached hydrogen (secondary N) is 2. The number of hydrogen-bond donors (Lipinski definition) is 3. The molecule has 0 fully saturated rings. The topological polar surface area (TPSA) is 160 Å². The van der Waals surface area contributed by atoms with Crippen LogP contribution in [0.15, 0.2) is 44.1 Å². The molecule has 0 atom stereocenters. The number of nitro groups is 1. The van der Waals surface area contributed by atoms with Gasteiger partial charge in [-0.05, 0) is 6.07 Å². The van der Waals surface area contributed by atoms with E-state index >= 15 is 0 Å². The number of azo groups is 1. The Bertz CT molecular complexity index is 806. The number of anilines is 1. The first kappa shape index (κ1) is 13.1. The van der Waals surface area contributed by atoms with Gasteiger partial charge in [0.15, 0.2) is 11.4 Å². The maximum Gasteiger partial charge on any atom is 0.327 e. The van der Waals surface area contributed by atoms with Gasteiger partial charge in [-0.3, -0.25) is 24.9 Å². The Labute approximate surface area is 110 Å². The van der Waals surface area contributed by atoms with Crippen molar-refractivity contribution < 1.29 is 4.92 Å². The highest BCUT2D eigenvalue weighted by molar-refractivity contribution is 5.58. The summed E-state index contributed by atoms with van der Waals surface area (Å²) in [6.45, 7) is 0. The highest BCUT2D eigenvalue weighted by atomic mass is 16.6. The molecule has 10 heteroatoms. The lowest BCUT2D eigenvalue weighted by atomic mass is 10.3. The van der Waals surface area contributed by atoms with Crippen LogP contribution in [0.25, 0.3) is 0 Å². The Morgan fingerprint density at radius 1 is 1.15 bits per heavy atom. The number of hydrogen-bond acceptors (Lipinski definition) is 7. The van der Waals surface area contributed by atoms with Crippen molar-refractivity contribution in [3.63, 3.8) is 0 Å². The van der Waals surface area contributed by atoms with Crippen molar-refractivity contribution in [3.05, 3.63) is 55.2 Å². The van der Waals surface area contributed by atoms with Crippen LogP contribution < -0.4 is 17.0 Å². The van der Waals surface area contributed by atoms with Gasteiger partial charge in [-0.2, -0.15) is 0 Å². The zero-order valence-corrected chi connectivity index (χ0v) is 9.86. The average molecular weight is 276 g/mol. The summed E-state index contributed by atoms with van der Waals surface area (Å²) in [7, 11) is 0. The zero-order valence-electron chi connectivity index (χ0n) is 9.86. The van der Waals surface area contributed by atoms with Crippen LogP contribution in [0.5, 0.6) is 0 Å². The molecule has 20 heavy (non-hydrogen) atoms. The van der Waals surface area contributed by atoms with Gasteiger partial charge in [0.05, 0.1) is 4.92 Å². The lowest BCUT2D eigenvalue weighted by molar-refractivity contribution is -0.384. The van der Waals surface area contributed by atoms with E-state index in [1.165, 1.54) is 24.3 Å². The van der Waals surface area contributed by atoms with Gasteiger partial charge in [-0.15, -0.1) is 10.2 Å². The number of nitrogens with two attached hydrogens (primary N) is 1. The normalized spacial score (nSPS) is 10.8. The molecule has 1 heterocycles. The molecular formula is C10H8N6O4. The summed E-state index contributed by atoms with van der Waals surface area (Å²) in [6, 6.07) is 5.60. The number of benzene rings is 1. The molecule has 0 unspecified atom stereocenters. The van der Waals surface area contributed by atoms with Crippen LogP contribution in [-0.2, 0) is 0 Å². The number of rotatable bonds is 3. The van der Waals surface area contributed by atoms with E-state index in [0.29, 0.717) is 0 Å². The molecule has 0 spiro atoms. The fraction of sp³-hybridized carbons (Fsp3) is 0. The molecule has 0 aliphatic heterocycles. The standard InChI is InChI=1S/C10H8N6O4/c11-8-7(9(17)13-10(18)12-8)15-14-5-3-1-2-4-6(5)16(19)20/h1-4H,(H4,11,12,13,17,18). The van der Waals surface area contributed by atoms with Gasteiger partial charge in [0, 0.05) is 6.07 Å². The fourth-order valence-corrected chi connectivity index (χ4v) is 1.40. The van der Waals surface area contributed by atoms with Crippen molar-refractivity contribution >= 4 is 22.9 Å². The summed E-state index contributed by atoms with van der Waals surface area (Å²) in [4.78, 5) is 36.6. The monoisotopic (exact) mass is 276 g/mol. The molecule has 0 radical (unpaired) electrons. The van der Waals surface area contributed by atoms with E-state index in [1.54, 1.807) is 0 Å². The molecule has 4 N–H and O–H groups in total. The fourth-order valence-electron chi connectivity index (χ4n) is 1.40. The van der Waals surface area contributed by atoms with Crippen LogP contribution in [0.2, 0.25) is 0 Å². The summed E-state index contributed by atoms with van der Waals surface area (Å²) < 4.78 is 0. The molecular weight excluding hydrogens is 268 g/mol. The van der Waals surface area contributed by atoms with Crippen LogP contribution in [0.1, 0.15) is 0 Å². The molecule has 0 aliphatic carbocycles. The third-order valence-electron chi connectivity index (χ3n) is 2.28. The first-order valence-electron chi connectivity index (χ1n) is 5.26. The van der Waals surface area contributed by atoms with Crippen molar-refractivity contribution in [1.82, 2.24) is 9.97 Å². The Morgan fingerprint density at radius 2 is 1.85 bits per heavy atom. The third-order valence-corrected chi connectivity index (χ3v) is 2.28. The van der Waals surface area contributed by atoms with Gasteiger partial charge < -0.3 is 5.73 Å². The molecule has 102 valence electrons. The van der Waals surface area contributed by atoms with Crippen molar-refractivity contribution in [2.24, 2.45) is 10.2 Å². The second-order valence-corrected chi connectivity index (χ2v) is 3.62. The van der Waals surface area contributed by atoms with E-state index in [2.05, 4.69) is 15.2 Å². The van der Waals surface area contributed by atoms with Crippen molar-refractivity contribution in [3.8, 4) is 0 Å². The molecule has 1 aromatic heterocycles. The van der Waals surface area contributed by atoms with Crippen LogP contribution in [0, 0.1) is 10.1 Å². The number of aromatic amines is 2. The minimum atomic E-state index is -0.839. The molecule has 0 amide bonds. The smallest absolute Gasteiger partial charge is 0.327 e. The van der Waals surface area contributed by atoms with Gasteiger partial charge in [-0.1, -0.05) is 12.1 Å². The van der Waals surface area contributed by atoms with Gasteiger partial charge in [0.25, 0.3) is 11.2 Å². The number of nitrogen functional groups attached to an aromatic ring is 1. The summed E-state index contributed by atoms with van der Waals surface area (Å²) in [5.74, 6) is -0.277. The van der Waals surface area contributed by atoms with Crippen LogP contribution in [0.4, 0.5) is 22.9 Å². The molecule has 0 aliphatic rings. The van der Waals surface area contributed by atoms with Gasteiger partial charge >= 0.3 is 5.69 Å². The summed E-state index contributed by atoms with van der Waals surface area (Å²) in [6.07, 6.45) is 0. The minimum absolute atomic E-state index is 0.0394. The van der Waals surface area contributed by atoms with Crippen molar-refractivity contribution in [2.45, 2.75) is 0 Å². The molecule has 2 rings (SSSR count). The average Bonchev–Trinajstić information content (AvgIpc) is 2.37. The predicted octanol–water partition coefficient (Wildman–Crippen LogP) is 0.969. The number of H-pyrrole nitrogens is 2. The lowest BCUT2D eigenvalue weighted by Crippen LogP contribution is -2.23. The lowest BCUT2D eigenvalue weighted by Gasteiger charge is -1.97. The third kappa shape index (κ3) is 2.58. The van der Waals surface area contributed by atoms with Crippen LogP contribution in [-0.4, -0.2) is 14.9 Å². The number of nitrogens with zero attached hydrogens (tertiary/aromatic N) is 3. The quantitative estimate of drug-likeness (QED) is 0.431. The first-order chi connectivity index (χ1) is 9.49. The summed E-state index contributed by atoms with van der Waals surface area (Å²) >= 11 is 0. The molecule has 0 saturated heterocycles. The number of nitro benzene ring substituents is 1. The van der Waals surface area contributed by atoms with Gasteiger partial charge in [0.2, 0.25) is 0 Å². The van der Waals surface area contributed by atoms with E-state index in [1.807, 2.05) is 4.98 Å². The second kappa shape index (κ2) is 5.14. The SMILES string of the molecule is Nc1[nH]c(=O)[nH]c(=O)c1N=Nc1ccccc1[N+](=O)[O-]. The van der Waals surface area contributed by atoms with Crippen molar-refractivity contribution in [2.75, 3.05) is 5.73 Å². The van der Waals surface area contributed by atoms with Crippen LogP contribution >= 0.6 is 0 Å². The molecule has 2 aromatic rings. The van der Waals surface area contributed by atoms with Gasteiger partial charge in [-0.25, -0.2) is 4.79 Å².